The summed E-state index contributed by atoms with van der Waals surface area (Å²) in [4.78, 5) is 11.5. The molecule has 0 unspecified atom stereocenters. The number of carboxylic acids is 1. The Morgan fingerprint density at radius 3 is 2.30 bits per heavy atom. The normalized spacial score (nSPS) is 12.7. The summed E-state index contributed by atoms with van der Waals surface area (Å²) in [6, 6.07) is 10.5. The highest BCUT2D eigenvalue weighted by atomic mass is 19.4. The molecule has 0 aromatic heterocycles. The lowest BCUT2D eigenvalue weighted by Gasteiger charge is -2.18. The second-order valence-electron chi connectivity index (χ2n) is 4.77. The molecule has 3 nitrogen and oxygen atoms in total. The molecule has 0 amide bonds. The third-order valence-electron chi connectivity index (χ3n) is 3.20. The van der Waals surface area contributed by atoms with Crippen LogP contribution in [-0.4, -0.2) is 17.4 Å². The monoisotopic (exact) mass is 328 g/mol. The number of hydrogen-bond donors (Lipinski definition) is 1. The van der Waals surface area contributed by atoms with Gasteiger partial charge in [0.1, 0.15) is 11.6 Å². The van der Waals surface area contributed by atoms with Crippen molar-refractivity contribution in [3.05, 3.63) is 65.5 Å². The van der Waals surface area contributed by atoms with Crippen molar-refractivity contribution in [2.75, 3.05) is 0 Å². The van der Waals surface area contributed by atoms with E-state index in [1.807, 2.05) is 0 Å². The maximum Gasteiger partial charge on any atom is 0.573 e. The lowest BCUT2D eigenvalue weighted by Crippen LogP contribution is -2.21. The fourth-order valence-electron chi connectivity index (χ4n) is 2.20. The average molecular weight is 328 g/mol. The van der Waals surface area contributed by atoms with Crippen LogP contribution >= 0.6 is 0 Å². The molecule has 0 spiro atoms. The second kappa shape index (κ2) is 6.68. The van der Waals surface area contributed by atoms with E-state index in [1.165, 1.54) is 36.4 Å². The average Bonchev–Trinajstić information content (AvgIpc) is 2.45. The molecule has 0 heterocycles. The Morgan fingerprint density at radius 2 is 1.70 bits per heavy atom. The zero-order valence-corrected chi connectivity index (χ0v) is 11.7. The van der Waals surface area contributed by atoms with Gasteiger partial charge in [-0.25, -0.2) is 4.39 Å². The molecular formula is C16H12F4O3. The Morgan fingerprint density at radius 1 is 1.09 bits per heavy atom. The van der Waals surface area contributed by atoms with Crippen LogP contribution in [0.1, 0.15) is 17.0 Å². The molecule has 2 aromatic carbocycles. The molecule has 1 atom stereocenters. The summed E-state index contributed by atoms with van der Waals surface area (Å²) in [5, 5.41) is 9.34. The molecule has 122 valence electrons. The Kier molecular flexibility index (Phi) is 4.88. The van der Waals surface area contributed by atoms with Crippen molar-refractivity contribution in [3.63, 3.8) is 0 Å². The Bertz CT molecular complexity index is 698. The summed E-state index contributed by atoms with van der Waals surface area (Å²) in [6.45, 7) is 0. The molecule has 1 N–H and O–H groups in total. The van der Waals surface area contributed by atoms with Crippen LogP contribution in [0.15, 0.2) is 48.5 Å². The van der Waals surface area contributed by atoms with Crippen molar-refractivity contribution in [3.8, 4) is 5.75 Å². The van der Waals surface area contributed by atoms with Gasteiger partial charge in [-0.05, 0) is 24.1 Å². The highest BCUT2D eigenvalue weighted by molar-refractivity contribution is 5.77. The molecular weight excluding hydrogens is 316 g/mol. The van der Waals surface area contributed by atoms with E-state index in [9.17, 15) is 27.5 Å². The lowest BCUT2D eigenvalue weighted by molar-refractivity contribution is -0.275. The SMILES string of the molecule is O=C(O)[C@@H](Cc1ccccc1F)c1ccccc1OC(F)(F)F. The molecule has 0 saturated carbocycles. The minimum Gasteiger partial charge on any atom is -0.481 e. The first kappa shape index (κ1) is 16.8. The molecule has 0 radical (unpaired) electrons. The van der Waals surface area contributed by atoms with Crippen LogP contribution in [0.2, 0.25) is 0 Å². The van der Waals surface area contributed by atoms with Gasteiger partial charge >= 0.3 is 12.3 Å². The summed E-state index contributed by atoms with van der Waals surface area (Å²) in [5.74, 6) is -3.96. The minimum atomic E-state index is -4.95. The van der Waals surface area contributed by atoms with Gasteiger partial charge < -0.3 is 9.84 Å². The predicted molar refractivity (Wildman–Crippen MR) is 73.6 cm³/mol. The van der Waals surface area contributed by atoms with E-state index >= 15 is 0 Å². The number of alkyl halides is 3. The largest absolute Gasteiger partial charge is 0.573 e. The molecule has 0 bridgehead atoms. The molecule has 2 rings (SSSR count). The summed E-state index contributed by atoms with van der Waals surface area (Å²) in [6.07, 6.45) is -5.24. The molecule has 0 aliphatic heterocycles. The van der Waals surface area contributed by atoms with Gasteiger partial charge in [0.25, 0.3) is 0 Å². The van der Waals surface area contributed by atoms with Gasteiger partial charge in [-0.1, -0.05) is 36.4 Å². The Hall–Kier alpha value is -2.57. The number of ether oxygens (including phenoxy) is 1. The third kappa shape index (κ3) is 4.45. The number of rotatable bonds is 5. The quantitative estimate of drug-likeness (QED) is 0.839. The molecule has 0 saturated heterocycles. The van der Waals surface area contributed by atoms with Crippen molar-refractivity contribution in [1.29, 1.82) is 0 Å². The third-order valence-corrected chi connectivity index (χ3v) is 3.20. The number of carbonyl (C=O) groups is 1. The van der Waals surface area contributed by atoms with Crippen molar-refractivity contribution < 1.29 is 32.2 Å². The van der Waals surface area contributed by atoms with Crippen molar-refractivity contribution in [1.82, 2.24) is 0 Å². The number of benzene rings is 2. The van der Waals surface area contributed by atoms with Gasteiger partial charge in [0.05, 0.1) is 5.92 Å². The van der Waals surface area contributed by atoms with E-state index in [1.54, 1.807) is 0 Å². The van der Waals surface area contributed by atoms with Gasteiger partial charge in [0.15, 0.2) is 0 Å². The van der Waals surface area contributed by atoms with Gasteiger partial charge in [0, 0.05) is 5.56 Å². The Labute approximate surface area is 129 Å². The summed E-state index contributed by atoms with van der Waals surface area (Å²) in [7, 11) is 0. The van der Waals surface area contributed by atoms with E-state index in [2.05, 4.69) is 4.74 Å². The number of hydrogen-bond acceptors (Lipinski definition) is 2. The minimum absolute atomic E-state index is 0.0988. The van der Waals surface area contributed by atoms with E-state index in [0.29, 0.717) is 0 Å². The van der Waals surface area contributed by atoms with E-state index in [-0.39, 0.29) is 17.5 Å². The number of carboxylic acid groups (broad SMARTS) is 1. The first-order valence-electron chi connectivity index (χ1n) is 6.59. The van der Waals surface area contributed by atoms with Crippen molar-refractivity contribution >= 4 is 5.97 Å². The molecule has 2 aromatic rings. The summed E-state index contributed by atoms with van der Waals surface area (Å²) in [5.41, 5.74) is -0.0673. The highest BCUT2D eigenvalue weighted by Crippen LogP contribution is 2.33. The van der Waals surface area contributed by atoms with Gasteiger partial charge in [-0.2, -0.15) is 0 Å². The van der Waals surface area contributed by atoms with Gasteiger partial charge in [0.2, 0.25) is 0 Å². The first-order valence-corrected chi connectivity index (χ1v) is 6.59. The van der Waals surface area contributed by atoms with Gasteiger partial charge in [-0.3, -0.25) is 4.79 Å². The number of aliphatic carboxylic acids is 1. The van der Waals surface area contributed by atoms with Crippen LogP contribution in [0.4, 0.5) is 17.6 Å². The van der Waals surface area contributed by atoms with Crippen LogP contribution in [0.5, 0.6) is 5.75 Å². The molecule has 0 aliphatic rings. The molecule has 0 fully saturated rings. The number of halogens is 4. The molecule has 0 aliphatic carbocycles. The maximum atomic E-state index is 13.7. The second-order valence-corrected chi connectivity index (χ2v) is 4.77. The zero-order valence-electron chi connectivity index (χ0n) is 11.7. The van der Waals surface area contributed by atoms with E-state index < -0.39 is 29.8 Å². The fraction of sp³-hybridized carbons (Fsp3) is 0.188. The van der Waals surface area contributed by atoms with Crippen LogP contribution in [0.3, 0.4) is 0 Å². The highest BCUT2D eigenvalue weighted by Gasteiger charge is 2.34. The fourth-order valence-corrected chi connectivity index (χ4v) is 2.20. The van der Waals surface area contributed by atoms with Crippen molar-refractivity contribution in [2.24, 2.45) is 0 Å². The maximum absolute atomic E-state index is 13.7. The lowest BCUT2D eigenvalue weighted by atomic mass is 9.91. The number of para-hydroxylation sites is 1. The predicted octanol–water partition coefficient (Wildman–Crippen LogP) is 4.14. The van der Waals surface area contributed by atoms with Gasteiger partial charge in [-0.15, -0.1) is 13.2 Å². The zero-order chi connectivity index (χ0) is 17.0. The summed E-state index contributed by atoms with van der Waals surface area (Å²) < 4.78 is 54.9. The van der Waals surface area contributed by atoms with Crippen LogP contribution < -0.4 is 4.74 Å². The smallest absolute Gasteiger partial charge is 0.481 e. The van der Waals surface area contributed by atoms with Crippen LogP contribution in [-0.2, 0) is 11.2 Å². The van der Waals surface area contributed by atoms with E-state index in [4.69, 9.17) is 0 Å². The van der Waals surface area contributed by atoms with Crippen LogP contribution in [0, 0.1) is 5.82 Å². The first-order chi connectivity index (χ1) is 10.8. The Balaban J connectivity index is 2.39. The molecule has 7 heteroatoms. The van der Waals surface area contributed by atoms with Crippen molar-refractivity contribution in [2.45, 2.75) is 18.7 Å². The summed E-state index contributed by atoms with van der Waals surface area (Å²) >= 11 is 0. The molecule has 23 heavy (non-hydrogen) atoms. The van der Waals surface area contributed by atoms with Crippen LogP contribution in [0.25, 0.3) is 0 Å². The van der Waals surface area contributed by atoms with E-state index in [0.717, 1.165) is 12.1 Å². The standard InChI is InChI=1S/C16H12F4O3/c17-13-7-3-1-5-10(13)9-12(15(21)22)11-6-2-4-8-14(11)23-16(18,19)20/h1-8,12H,9H2,(H,21,22)/t12-/m0/s1. The topological polar surface area (TPSA) is 46.5 Å².